The van der Waals surface area contributed by atoms with Gasteiger partial charge in [0.25, 0.3) is 5.91 Å². The van der Waals surface area contributed by atoms with Crippen LogP contribution in [-0.2, 0) is 0 Å². The first kappa shape index (κ1) is 14.7. The molecule has 1 aliphatic rings. The fourth-order valence-electron chi connectivity index (χ4n) is 2.59. The molecule has 20 heavy (non-hydrogen) atoms. The lowest BCUT2D eigenvalue weighted by molar-refractivity contribution is 0.0955. The minimum atomic E-state index is -0.0998. The van der Waals surface area contributed by atoms with Gasteiger partial charge >= 0.3 is 0 Å². The summed E-state index contributed by atoms with van der Waals surface area (Å²) < 4.78 is 5.97. The average molecular weight is 276 g/mol. The summed E-state index contributed by atoms with van der Waals surface area (Å²) in [5, 5.41) is 2.76. The van der Waals surface area contributed by atoms with Gasteiger partial charge < -0.3 is 15.8 Å². The summed E-state index contributed by atoms with van der Waals surface area (Å²) in [7, 11) is 0. The van der Waals surface area contributed by atoms with Gasteiger partial charge in [0.1, 0.15) is 5.75 Å². The van der Waals surface area contributed by atoms with E-state index in [1.807, 2.05) is 6.92 Å². The number of ether oxygens (including phenoxy) is 1. The van der Waals surface area contributed by atoms with E-state index in [4.69, 9.17) is 10.5 Å². The highest BCUT2D eigenvalue weighted by atomic mass is 16.5. The number of hydrogen-bond donors (Lipinski definition) is 2. The van der Waals surface area contributed by atoms with Gasteiger partial charge in [0.05, 0.1) is 11.8 Å². The van der Waals surface area contributed by atoms with Crippen LogP contribution < -0.4 is 15.8 Å². The molecule has 0 aliphatic heterocycles. The van der Waals surface area contributed by atoms with Gasteiger partial charge in [-0.1, -0.05) is 6.92 Å². The molecule has 1 aromatic carbocycles. The molecule has 0 unspecified atom stereocenters. The van der Waals surface area contributed by atoms with Crippen molar-refractivity contribution in [2.45, 2.75) is 45.6 Å². The highest BCUT2D eigenvalue weighted by molar-refractivity contribution is 5.95. The third-order valence-electron chi connectivity index (χ3n) is 3.87. The minimum absolute atomic E-state index is 0.0998. The number of amides is 1. The van der Waals surface area contributed by atoms with E-state index in [-0.39, 0.29) is 12.0 Å². The molecule has 3 N–H and O–H groups in total. The second-order valence-corrected chi connectivity index (χ2v) is 5.61. The van der Waals surface area contributed by atoms with Gasteiger partial charge in [-0.3, -0.25) is 4.79 Å². The number of nitrogen functional groups attached to an aromatic ring is 1. The van der Waals surface area contributed by atoms with Gasteiger partial charge in [-0.05, 0) is 56.7 Å². The average Bonchev–Trinajstić information content (AvgIpc) is 2.43. The Balaban J connectivity index is 2.00. The lowest BCUT2D eigenvalue weighted by atomic mass is 9.89. The van der Waals surface area contributed by atoms with Crippen molar-refractivity contribution in [3.05, 3.63) is 23.8 Å². The number of carbonyl (C=O) groups excluding carboxylic acids is 1. The van der Waals surface area contributed by atoms with Gasteiger partial charge in [0.2, 0.25) is 0 Å². The monoisotopic (exact) mass is 276 g/mol. The predicted molar refractivity (Wildman–Crippen MR) is 80.9 cm³/mol. The molecule has 2 rings (SSSR count). The van der Waals surface area contributed by atoms with Crippen LogP contribution in [0.2, 0.25) is 0 Å². The molecule has 1 fully saturated rings. The maximum absolute atomic E-state index is 11.7. The molecule has 0 saturated heterocycles. The Morgan fingerprint density at radius 3 is 2.65 bits per heavy atom. The predicted octanol–water partition coefficient (Wildman–Crippen LogP) is 2.98. The van der Waals surface area contributed by atoms with E-state index in [0.717, 1.165) is 18.8 Å². The van der Waals surface area contributed by atoms with Crippen LogP contribution >= 0.6 is 0 Å². The van der Waals surface area contributed by atoms with Crippen molar-refractivity contribution in [2.75, 3.05) is 12.3 Å². The number of rotatable bonds is 4. The zero-order valence-electron chi connectivity index (χ0n) is 12.3. The van der Waals surface area contributed by atoms with E-state index in [1.165, 1.54) is 12.8 Å². The first-order chi connectivity index (χ1) is 9.60. The molecule has 4 nitrogen and oxygen atoms in total. The van der Waals surface area contributed by atoms with Crippen LogP contribution in [0.25, 0.3) is 0 Å². The maximum Gasteiger partial charge on any atom is 0.251 e. The summed E-state index contributed by atoms with van der Waals surface area (Å²) in [5.74, 6) is 1.39. The van der Waals surface area contributed by atoms with Gasteiger partial charge in [-0.15, -0.1) is 0 Å². The Labute approximate surface area is 120 Å². The zero-order chi connectivity index (χ0) is 14.5. The quantitative estimate of drug-likeness (QED) is 0.831. The maximum atomic E-state index is 11.7. The van der Waals surface area contributed by atoms with Gasteiger partial charge in [-0.25, -0.2) is 0 Å². The van der Waals surface area contributed by atoms with E-state index in [2.05, 4.69) is 12.2 Å². The third kappa shape index (κ3) is 3.65. The first-order valence-corrected chi connectivity index (χ1v) is 7.44. The number of nitrogens with one attached hydrogen (secondary N) is 1. The van der Waals surface area contributed by atoms with E-state index < -0.39 is 0 Å². The van der Waals surface area contributed by atoms with Crippen molar-refractivity contribution in [3.8, 4) is 5.75 Å². The van der Waals surface area contributed by atoms with Crippen LogP contribution in [-0.4, -0.2) is 18.6 Å². The number of benzene rings is 1. The van der Waals surface area contributed by atoms with E-state index >= 15 is 0 Å². The highest BCUT2D eigenvalue weighted by Crippen LogP contribution is 2.30. The second-order valence-electron chi connectivity index (χ2n) is 5.61. The molecule has 1 aliphatic carbocycles. The lowest BCUT2D eigenvalue weighted by Gasteiger charge is -2.27. The molecular weight excluding hydrogens is 252 g/mol. The molecule has 0 aromatic heterocycles. The molecule has 1 aromatic rings. The van der Waals surface area contributed by atoms with Gasteiger partial charge in [0.15, 0.2) is 0 Å². The highest BCUT2D eigenvalue weighted by Gasteiger charge is 2.20. The van der Waals surface area contributed by atoms with Crippen LogP contribution in [0.1, 0.15) is 49.9 Å². The third-order valence-corrected chi connectivity index (χ3v) is 3.87. The fraction of sp³-hybridized carbons (Fsp3) is 0.562. The molecule has 0 bridgehead atoms. The van der Waals surface area contributed by atoms with Crippen LogP contribution in [0.15, 0.2) is 18.2 Å². The summed E-state index contributed by atoms with van der Waals surface area (Å²) in [6, 6.07) is 5.26. The van der Waals surface area contributed by atoms with Crippen molar-refractivity contribution in [3.63, 3.8) is 0 Å². The Morgan fingerprint density at radius 2 is 2.05 bits per heavy atom. The number of anilines is 1. The molecule has 0 radical (unpaired) electrons. The van der Waals surface area contributed by atoms with Crippen molar-refractivity contribution in [1.29, 1.82) is 0 Å². The first-order valence-electron chi connectivity index (χ1n) is 7.44. The molecule has 0 atom stereocenters. The standard InChI is InChI=1S/C16H24N2O2/c1-3-18-16(19)12-6-9-15(14(17)10-12)20-13-7-4-11(2)5-8-13/h6,9-11,13H,3-5,7-8,17H2,1-2H3,(H,18,19). The molecular formula is C16H24N2O2. The minimum Gasteiger partial charge on any atom is -0.488 e. The zero-order valence-corrected chi connectivity index (χ0v) is 12.3. The van der Waals surface area contributed by atoms with Crippen molar-refractivity contribution >= 4 is 11.6 Å². The molecule has 110 valence electrons. The van der Waals surface area contributed by atoms with Crippen molar-refractivity contribution < 1.29 is 9.53 Å². The Hall–Kier alpha value is -1.71. The molecule has 1 saturated carbocycles. The van der Waals surface area contributed by atoms with Crippen LogP contribution in [0.5, 0.6) is 5.75 Å². The van der Waals surface area contributed by atoms with Crippen LogP contribution in [0.4, 0.5) is 5.69 Å². The molecule has 4 heteroatoms. The Bertz CT molecular complexity index is 466. The topological polar surface area (TPSA) is 64.3 Å². The Kier molecular flexibility index (Phi) is 4.88. The summed E-state index contributed by atoms with van der Waals surface area (Å²) >= 11 is 0. The van der Waals surface area contributed by atoms with Crippen LogP contribution in [0.3, 0.4) is 0 Å². The number of hydrogen-bond acceptors (Lipinski definition) is 3. The number of carbonyl (C=O) groups is 1. The largest absolute Gasteiger partial charge is 0.488 e. The van der Waals surface area contributed by atoms with E-state index in [9.17, 15) is 4.79 Å². The van der Waals surface area contributed by atoms with Crippen LogP contribution in [0, 0.1) is 5.92 Å². The SMILES string of the molecule is CCNC(=O)c1ccc(OC2CCC(C)CC2)c(N)c1. The lowest BCUT2D eigenvalue weighted by Crippen LogP contribution is -2.24. The Morgan fingerprint density at radius 1 is 1.35 bits per heavy atom. The summed E-state index contributed by atoms with van der Waals surface area (Å²) in [5.41, 5.74) is 7.11. The van der Waals surface area contributed by atoms with Gasteiger partial charge in [-0.2, -0.15) is 0 Å². The van der Waals surface area contributed by atoms with Gasteiger partial charge in [0, 0.05) is 12.1 Å². The van der Waals surface area contributed by atoms with Crippen molar-refractivity contribution in [2.24, 2.45) is 5.92 Å². The summed E-state index contributed by atoms with van der Waals surface area (Å²) in [4.78, 5) is 11.7. The van der Waals surface area contributed by atoms with E-state index in [1.54, 1.807) is 18.2 Å². The smallest absolute Gasteiger partial charge is 0.251 e. The number of nitrogens with two attached hydrogens (primary N) is 1. The molecule has 0 spiro atoms. The summed E-state index contributed by atoms with van der Waals surface area (Å²) in [6.07, 6.45) is 4.84. The fourth-order valence-corrected chi connectivity index (χ4v) is 2.59. The summed E-state index contributed by atoms with van der Waals surface area (Å²) in [6.45, 7) is 4.78. The molecule has 0 heterocycles. The van der Waals surface area contributed by atoms with Crippen molar-refractivity contribution in [1.82, 2.24) is 5.32 Å². The van der Waals surface area contributed by atoms with E-state index in [0.29, 0.717) is 23.5 Å². The normalized spacial score (nSPS) is 22.3. The second kappa shape index (κ2) is 6.64. The molecule has 1 amide bonds.